The van der Waals surface area contributed by atoms with E-state index in [1.165, 1.54) is 0 Å². The summed E-state index contributed by atoms with van der Waals surface area (Å²) in [4.78, 5) is 3.93. The molecular weight excluding hydrogens is 222 g/mol. The van der Waals surface area contributed by atoms with Crippen molar-refractivity contribution in [1.82, 2.24) is 4.98 Å². The number of pyridine rings is 1. The van der Waals surface area contributed by atoms with Crippen molar-refractivity contribution in [2.24, 2.45) is 0 Å². The van der Waals surface area contributed by atoms with Crippen LogP contribution in [-0.2, 0) is 0 Å². The summed E-state index contributed by atoms with van der Waals surface area (Å²) in [6.45, 7) is 2.01. The average molecular weight is 234 g/mol. The summed E-state index contributed by atoms with van der Waals surface area (Å²) in [5.41, 5.74) is 9.18. The molecule has 16 heavy (non-hydrogen) atoms. The van der Waals surface area contributed by atoms with Crippen molar-refractivity contribution >= 4 is 28.7 Å². The number of anilines is 3. The number of benzene rings is 1. The smallest absolute Gasteiger partial charge is 0.0739 e. The molecule has 82 valence electrons. The monoisotopic (exact) mass is 233 g/mol. The van der Waals surface area contributed by atoms with Crippen LogP contribution in [0.15, 0.2) is 36.7 Å². The molecule has 0 atom stereocenters. The lowest BCUT2D eigenvalue weighted by molar-refractivity contribution is 1.33. The predicted molar refractivity (Wildman–Crippen MR) is 68.1 cm³/mol. The zero-order chi connectivity index (χ0) is 11.5. The molecule has 1 aromatic carbocycles. The van der Waals surface area contributed by atoms with Gasteiger partial charge >= 0.3 is 0 Å². The summed E-state index contributed by atoms with van der Waals surface area (Å²) < 4.78 is 0. The van der Waals surface area contributed by atoms with Gasteiger partial charge in [0.05, 0.1) is 28.3 Å². The fraction of sp³-hybridized carbons (Fsp3) is 0.0833. The summed E-state index contributed by atoms with van der Waals surface area (Å²) >= 11 is 6.08. The van der Waals surface area contributed by atoms with Crippen LogP contribution < -0.4 is 11.1 Å². The molecule has 0 radical (unpaired) electrons. The van der Waals surface area contributed by atoms with Crippen molar-refractivity contribution in [3.8, 4) is 0 Å². The number of aromatic nitrogens is 1. The minimum atomic E-state index is 0.597. The van der Waals surface area contributed by atoms with E-state index in [4.69, 9.17) is 17.3 Å². The maximum atomic E-state index is 6.08. The van der Waals surface area contributed by atoms with Gasteiger partial charge in [0.15, 0.2) is 0 Å². The van der Waals surface area contributed by atoms with Crippen LogP contribution in [0.1, 0.15) is 5.56 Å². The molecule has 0 amide bonds. The zero-order valence-electron chi connectivity index (χ0n) is 8.87. The van der Waals surface area contributed by atoms with Gasteiger partial charge in [0, 0.05) is 6.20 Å². The first-order valence-corrected chi connectivity index (χ1v) is 5.27. The van der Waals surface area contributed by atoms with Gasteiger partial charge in [-0.1, -0.05) is 17.7 Å². The van der Waals surface area contributed by atoms with Crippen LogP contribution in [0.2, 0.25) is 5.02 Å². The van der Waals surface area contributed by atoms with Crippen molar-refractivity contribution in [3.63, 3.8) is 0 Å². The first-order chi connectivity index (χ1) is 7.66. The molecular formula is C12H12ClN3. The van der Waals surface area contributed by atoms with Crippen molar-refractivity contribution in [2.45, 2.75) is 6.92 Å². The van der Waals surface area contributed by atoms with Gasteiger partial charge in [0.25, 0.3) is 0 Å². The van der Waals surface area contributed by atoms with Gasteiger partial charge in [-0.25, -0.2) is 0 Å². The number of nitrogens with two attached hydrogens (primary N) is 1. The van der Waals surface area contributed by atoms with Crippen molar-refractivity contribution < 1.29 is 0 Å². The van der Waals surface area contributed by atoms with Gasteiger partial charge in [-0.15, -0.1) is 0 Å². The Morgan fingerprint density at radius 2 is 2.06 bits per heavy atom. The standard InChI is InChI=1S/C12H12ClN3/c1-8-2-3-9(13)12(6-8)16-11-4-5-15-7-10(11)14/h2-7H,14H2,1H3,(H,15,16). The van der Waals surface area contributed by atoms with Gasteiger partial charge in [0.2, 0.25) is 0 Å². The molecule has 0 saturated carbocycles. The largest absolute Gasteiger partial charge is 0.396 e. The Hall–Kier alpha value is -1.74. The number of hydrogen-bond acceptors (Lipinski definition) is 3. The van der Waals surface area contributed by atoms with E-state index in [1.807, 2.05) is 31.2 Å². The number of rotatable bonds is 2. The highest BCUT2D eigenvalue weighted by molar-refractivity contribution is 6.33. The van der Waals surface area contributed by atoms with E-state index >= 15 is 0 Å². The zero-order valence-corrected chi connectivity index (χ0v) is 9.62. The summed E-state index contributed by atoms with van der Waals surface area (Å²) in [6, 6.07) is 7.61. The fourth-order valence-corrected chi connectivity index (χ4v) is 1.57. The lowest BCUT2D eigenvalue weighted by Crippen LogP contribution is -1.97. The molecule has 2 rings (SSSR count). The van der Waals surface area contributed by atoms with Gasteiger partial charge < -0.3 is 11.1 Å². The maximum absolute atomic E-state index is 6.08. The molecule has 1 heterocycles. The Balaban J connectivity index is 2.34. The second-order valence-electron chi connectivity index (χ2n) is 3.57. The fourth-order valence-electron chi connectivity index (χ4n) is 1.40. The Bertz CT molecular complexity index is 511. The lowest BCUT2D eigenvalue weighted by Gasteiger charge is -2.10. The SMILES string of the molecule is Cc1ccc(Cl)c(Nc2ccncc2N)c1. The highest BCUT2D eigenvalue weighted by atomic mass is 35.5. The molecule has 1 aromatic heterocycles. The molecule has 0 fully saturated rings. The molecule has 0 saturated heterocycles. The van der Waals surface area contributed by atoms with E-state index in [1.54, 1.807) is 12.4 Å². The molecule has 0 unspecified atom stereocenters. The minimum Gasteiger partial charge on any atom is -0.396 e. The van der Waals surface area contributed by atoms with E-state index in [-0.39, 0.29) is 0 Å². The van der Waals surface area contributed by atoms with Crippen molar-refractivity contribution in [1.29, 1.82) is 0 Å². The molecule has 3 nitrogen and oxygen atoms in total. The minimum absolute atomic E-state index is 0.597. The third-order valence-corrected chi connectivity index (χ3v) is 2.57. The van der Waals surface area contributed by atoms with Gasteiger partial charge in [0.1, 0.15) is 0 Å². The Kier molecular flexibility index (Phi) is 2.97. The van der Waals surface area contributed by atoms with Crippen LogP contribution in [0, 0.1) is 6.92 Å². The second kappa shape index (κ2) is 4.41. The number of nitrogens with zero attached hydrogens (tertiary/aromatic N) is 1. The normalized spacial score (nSPS) is 10.1. The highest BCUT2D eigenvalue weighted by Crippen LogP contribution is 2.28. The molecule has 0 aliphatic rings. The second-order valence-corrected chi connectivity index (χ2v) is 3.98. The van der Waals surface area contributed by atoms with Crippen LogP contribution in [0.25, 0.3) is 0 Å². The van der Waals surface area contributed by atoms with E-state index < -0.39 is 0 Å². The lowest BCUT2D eigenvalue weighted by atomic mass is 10.2. The summed E-state index contributed by atoms with van der Waals surface area (Å²) in [5, 5.41) is 3.85. The van der Waals surface area contributed by atoms with Crippen LogP contribution >= 0.6 is 11.6 Å². The van der Waals surface area contributed by atoms with Crippen LogP contribution in [-0.4, -0.2) is 4.98 Å². The molecule has 0 aliphatic heterocycles. The van der Waals surface area contributed by atoms with Crippen molar-refractivity contribution in [3.05, 3.63) is 47.2 Å². The average Bonchev–Trinajstić information content (AvgIpc) is 2.27. The predicted octanol–water partition coefficient (Wildman–Crippen LogP) is 3.37. The third kappa shape index (κ3) is 2.25. The van der Waals surface area contributed by atoms with E-state index in [0.29, 0.717) is 10.7 Å². The van der Waals surface area contributed by atoms with E-state index in [9.17, 15) is 0 Å². The summed E-state index contributed by atoms with van der Waals surface area (Å²) in [5.74, 6) is 0. The molecule has 0 bridgehead atoms. The first-order valence-electron chi connectivity index (χ1n) is 4.89. The molecule has 2 aromatic rings. The Labute approximate surface area is 99.3 Å². The Morgan fingerprint density at radius 3 is 2.81 bits per heavy atom. The van der Waals surface area contributed by atoms with Crippen LogP contribution in [0.5, 0.6) is 0 Å². The molecule has 0 aliphatic carbocycles. The van der Waals surface area contributed by atoms with Crippen molar-refractivity contribution in [2.75, 3.05) is 11.1 Å². The van der Waals surface area contributed by atoms with E-state index in [2.05, 4.69) is 10.3 Å². The van der Waals surface area contributed by atoms with Crippen LogP contribution in [0.3, 0.4) is 0 Å². The highest BCUT2D eigenvalue weighted by Gasteiger charge is 2.03. The van der Waals surface area contributed by atoms with E-state index in [0.717, 1.165) is 16.9 Å². The molecule has 0 spiro atoms. The van der Waals surface area contributed by atoms with Gasteiger partial charge in [-0.2, -0.15) is 0 Å². The number of aryl methyl sites for hydroxylation is 1. The molecule has 3 N–H and O–H groups in total. The van der Waals surface area contributed by atoms with Gasteiger partial charge in [-0.3, -0.25) is 4.98 Å². The topological polar surface area (TPSA) is 50.9 Å². The summed E-state index contributed by atoms with van der Waals surface area (Å²) in [7, 11) is 0. The van der Waals surface area contributed by atoms with Crippen LogP contribution in [0.4, 0.5) is 17.1 Å². The summed E-state index contributed by atoms with van der Waals surface area (Å²) in [6.07, 6.45) is 3.29. The maximum Gasteiger partial charge on any atom is 0.0739 e. The number of nitrogens with one attached hydrogen (secondary N) is 1. The number of nitrogen functional groups attached to an aromatic ring is 1. The number of halogens is 1. The quantitative estimate of drug-likeness (QED) is 0.836. The Morgan fingerprint density at radius 1 is 1.25 bits per heavy atom. The number of hydrogen-bond donors (Lipinski definition) is 2. The van der Waals surface area contributed by atoms with Gasteiger partial charge in [-0.05, 0) is 30.7 Å². The molecule has 4 heteroatoms. The third-order valence-electron chi connectivity index (χ3n) is 2.24. The first kappa shape index (κ1) is 10.8.